The first-order valence-corrected chi connectivity index (χ1v) is 6.88. The first-order chi connectivity index (χ1) is 4.66. The quantitative estimate of drug-likeness (QED) is 0.535. The molecular formula is C6H14OPS2+. The lowest BCUT2D eigenvalue weighted by Crippen LogP contribution is -2.00. The van der Waals surface area contributed by atoms with E-state index in [2.05, 4.69) is 26.1 Å². The summed E-state index contributed by atoms with van der Waals surface area (Å²) in [6, 6.07) is 0. The van der Waals surface area contributed by atoms with Gasteiger partial charge in [0.1, 0.15) is 18.9 Å². The minimum absolute atomic E-state index is 0.630. The van der Waals surface area contributed by atoms with Crippen molar-refractivity contribution in [2.24, 2.45) is 5.92 Å². The van der Waals surface area contributed by atoms with Gasteiger partial charge in [0.05, 0.1) is 0 Å². The second kappa shape index (κ2) is 6.53. The number of rotatable bonds is 5. The first-order valence-electron chi connectivity index (χ1n) is 3.45. The van der Waals surface area contributed by atoms with Crippen molar-refractivity contribution in [2.45, 2.75) is 26.7 Å². The molecule has 1 unspecified atom stereocenters. The molecule has 10 heavy (non-hydrogen) atoms. The third-order valence-corrected chi connectivity index (χ3v) is 2.28. The van der Waals surface area contributed by atoms with Gasteiger partial charge in [-0.25, -0.2) is 0 Å². The second-order valence-corrected chi connectivity index (χ2v) is 6.06. The fraction of sp³-hybridized carbons (Fsp3) is 1.00. The van der Waals surface area contributed by atoms with Gasteiger partial charge in [-0.05, 0) is 12.3 Å². The molecule has 60 valence electrons. The minimum Gasteiger partial charge on any atom is -0.158 e. The summed E-state index contributed by atoms with van der Waals surface area (Å²) in [5, 5.41) is 0. The molecule has 0 saturated carbocycles. The Morgan fingerprint density at radius 2 is 2.30 bits per heavy atom. The van der Waals surface area contributed by atoms with Crippen molar-refractivity contribution in [3.8, 4) is 0 Å². The van der Waals surface area contributed by atoms with Gasteiger partial charge in [0, 0.05) is 0 Å². The summed E-state index contributed by atoms with van der Waals surface area (Å²) in [6.07, 6.45) is 1.56. The van der Waals surface area contributed by atoms with Crippen molar-refractivity contribution < 1.29 is 4.52 Å². The van der Waals surface area contributed by atoms with E-state index >= 15 is 0 Å². The summed E-state index contributed by atoms with van der Waals surface area (Å²) in [5.74, 6) is 0.630. The van der Waals surface area contributed by atoms with E-state index in [0.717, 1.165) is 6.61 Å². The van der Waals surface area contributed by atoms with Gasteiger partial charge in [0.15, 0.2) is 0 Å². The molecule has 0 aromatic carbocycles. The van der Waals surface area contributed by atoms with Crippen molar-refractivity contribution in [1.29, 1.82) is 0 Å². The Morgan fingerprint density at radius 3 is 2.70 bits per heavy atom. The largest absolute Gasteiger partial charge is 0.411 e. The SMILES string of the molecule is CCC[C@H](C)CO[P+](=S)S. The molecule has 0 aliphatic heterocycles. The van der Waals surface area contributed by atoms with Gasteiger partial charge in [0.2, 0.25) is 11.8 Å². The highest BCUT2D eigenvalue weighted by Crippen LogP contribution is 2.28. The zero-order valence-electron chi connectivity index (χ0n) is 6.41. The lowest BCUT2D eigenvalue weighted by atomic mass is 10.1. The zero-order valence-corrected chi connectivity index (χ0v) is 9.01. The van der Waals surface area contributed by atoms with Crippen LogP contribution in [-0.4, -0.2) is 6.61 Å². The summed E-state index contributed by atoms with van der Waals surface area (Å²) >= 11 is 8.79. The maximum Gasteiger partial charge on any atom is 0.411 e. The van der Waals surface area contributed by atoms with Crippen LogP contribution < -0.4 is 0 Å². The van der Waals surface area contributed by atoms with Crippen LogP contribution in [0.3, 0.4) is 0 Å². The average molecular weight is 197 g/mol. The lowest BCUT2D eigenvalue weighted by Gasteiger charge is -2.03. The molecule has 0 aromatic heterocycles. The van der Waals surface area contributed by atoms with E-state index in [0.29, 0.717) is 5.92 Å². The van der Waals surface area contributed by atoms with Crippen LogP contribution in [0.5, 0.6) is 0 Å². The number of thiol groups is 1. The molecule has 0 heterocycles. The summed E-state index contributed by atoms with van der Waals surface area (Å²) < 4.78 is 5.20. The van der Waals surface area contributed by atoms with Crippen LogP contribution in [0.2, 0.25) is 0 Å². The zero-order chi connectivity index (χ0) is 7.98. The molecule has 0 fully saturated rings. The molecule has 2 atom stereocenters. The third kappa shape index (κ3) is 6.94. The predicted octanol–water partition coefficient (Wildman–Crippen LogP) is 3.14. The molecule has 4 heteroatoms. The van der Waals surface area contributed by atoms with E-state index < -0.39 is 6.13 Å². The van der Waals surface area contributed by atoms with Crippen molar-refractivity contribution in [1.82, 2.24) is 0 Å². The summed E-state index contributed by atoms with van der Waals surface area (Å²) in [7, 11) is 0. The van der Waals surface area contributed by atoms with Gasteiger partial charge in [-0.3, -0.25) is 0 Å². The van der Waals surface area contributed by atoms with E-state index in [9.17, 15) is 0 Å². The Kier molecular flexibility index (Phi) is 7.08. The van der Waals surface area contributed by atoms with E-state index in [-0.39, 0.29) is 0 Å². The number of hydrogen-bond acceptors (Lipinski definition) is 2. The van der Waals surface area contributed by atoms with Gasteiger partial charge in [-0.2, -0.15) is 4.52 Å². The smallest absolute Gasteiger partial charge is 0.158 e. The van der Waals surface area contributed by atoms with E-state index in [1.807, 2.05) is 0 Å². The molecule has 0 spiro atoms. The van der Waals surface area contributed by atoms with Gasteiger partial charge >= 0.3 is 6.13 Å². The normalized spacial score (nSPS) is 14.9. The van der Waals surface area contributed by atoms with Crippen LogP contribution in [0.25, 0.3) is 0 Å². The molecule has 0 aliphatic rings. The van der Waals surface area contributed by atoms with Crippen LogP contribution in [0.15, 0.2) is 0 Å². The molecule has 1 nitrogen and oxygen atoms in total. The molecule has 0 rings (SSSR count). The van der Waals surface area contributed by atoms with Crippen molar-refractivity contribution in [3.05, 3.63) is 0 Å². The highest BCUT2D eigenvalue weighted by atomic mass is 32.9. The Labute approximate surface area is 74.2 Å². The molecular weight excluding hydrogens is 183 g/mol. The van der Waals surface area contributed by atoms with Gasteiger partial charge < -0.3 is 0 Å². The Balaban J connectivity index is 3.21. The van der Waals surface area contributed by atoms with Crippen LogP contribution >= 0.6 is 18.4 Å². The minimum atomic E-state index is -0.866. The standard InChI is InChI=1S/C6H13OPS2/c1-3-4-6(2)5-7-8(9)10/h6H,3-5H2,1-2H3/p+1/t6-/m0/s1. The first kappa shape index (κ1) is 10.8. The summed E-state index contributed by atoms with van der Waals surface area (Å²) in [5.41, 5.74) is 0. The van der Waals surface area contributed by atoms with Crippen molar-refractivity contribution in [2.75, 3.05) is 6.61 Å². The van der Waals surface area contributed by atoms with Gasteiger partial charge in [-0.15, -0.1) is 0 Å². The van der Waals surface area contributed by atoms with E-state index in [1.54, 1.807) is 0 Å². The van der Waals surface area contributed by atoms with Crippen molar-refractivity contribution in [3.63, 3.8) is 0 Å². The molecule has 0 bridgehead atoms. The fourth-order valence-corrected chi connectivity index (χ4v) is 1.53. The summed E-state index contributed by atoms with van der Waals surface area (Å²) in [4.78, 5) is 0. The average Bonchev–Trinajstić information content (AvgIpc) is 1.85. The molecule has 0 N–H and O–H groups in total. The topological polar surface area (TPSA) is 9.23 Å². The highest BCUT2D eigenvalue weighted by molar-refractivity contribution is 8.54. The molecule has 0 saturated heterocycles. The Bertz CT molecular complexity index is 108. The second-order valence-electron chi connectivity index (χ2n) is 2.43. The Hall–Kier alpha value is 0.830. The van der Waals surface area contributed by atoms with Crippen molar-refractivity contribution >= 4 is 30.2 Å². The monoisotopic (exact) mass is 197 g/mol. The van der Waals surface area contributed by atoms with E-state index in [4.69, 9.17) is 16.3 Å². The van der Waals surface area contributed by atoms with Crippen LogP contribution in [0.1, 0.15) is 26.7 Å². The molecule has 0 radical (unpaired) electrons. The van der Waals surface area contributed by atoms with Gasteiger partial charge in [0.25, 0.3) is 0 Å². The third-order valence-electron chi connectivity index (χ3n) is 1.25. The summed E-state index contributed by atoms with van der Waals surface area (Å²) in [6.45, 7) is 5.12. The lowest BCUT2D eigenvalue weighted by molar-refractivity contribution is 0.286. The Morgan fingerprint density at radius 1 is 1.70 bits per heavy atom. The fourth-order valence-electron chi connectivity index (χ4n) is 0.767. The maximum absolute atomic E-state index is 5.20. The van der Waals surface area contributed by atoms with Crippen LogP contribution in [-0.2, 0) is 16.3 Å². The molecule has 0 aromatic rings. The van der Waals surface area contributed by atoms with Gasteiger partial charge in [-0.1, -0.05) is 20.3 Å². The van der Waals surface area contributed by atoms with Crippen LogP contribution in [0.4, 0.5) is 0 Å². The molecule has 0 amide bonds. The maximum atomic E-state index is 5.20. The molecule has 0 aliphatic carbocycles. The number of hydrogen-bond donors (Lipinski definition) is 1. The van der Waals surface area contributed by atoms with E-state index in [1.165, 1.54) is 12.8 Å². The predicted molar refractivity (Wildman–Crippen MR) is 53.3 cm³/mol. The highest BCUT2D eigenvalue weighted by Gasteiger charge is 2.07. The van der Waals surface area contributed by atoms with Crippen LogP contribution in [0, 0.1) is 5.92 Å².